The zero-order chi connectivity index (χ0) is 16.1. The van der Waals surface area contributed by atoms with E-state index in [0.717, 1.165) is 22.4 Å². The number of benzene rings is 2. The highest BCUT2D eigenvalue weighted by atomic mass is 16.5. The van der Waals surface area contributed by atoms with Crippen molar-refractivity contribution < 1.29 is 9.53 Å². The first kappa shape index (κ1) is 16.1. The Balaban J connectivity index is 1.92. The molecule has 1 N–H and O–H groups in total. The Hall–Kier alpha value is -2.29. The van der Waals surface area contributed by atoms with Gasteiger partial charge in [-0.3, -0.25) is 4.79 Å². The molecule has 0 saturated heterocycles. The lowest BCUT2D eigenvalue weighted by Gasteiger charge is -2.17. The number of nitrogens with one attached hydrogen (secondary N) is 1. The number of aryl methyl sites for hydroxylation is 2. The normalized spacial score (nSPS) is 11.8. The van der Waals surface area contributed by atoms with Crippen molar-refractivity contribution in [3.8, 4) is 5.75 Å². The van der Waals surface area contributed by atoms with Crippen molar-refractivity contribution in [1.82, 2.24) is 5.32 Å². The minimum Gasteiger partial charge on any atom is -0.481 e. The van der Waals surface area contributed by atoms with Gasteiger partial charge in [-0.2, -0.15) is 0 Å². The molecule has 1 amide bonds. The molecule has 0 aromatic heterocycles. The van der Waals surface area contributed by atoms with Crippen molar-refractivity contribution in [3.05, 3.63) is 64.7 Å². The van der Waals surface area contributed by atoms with Crippen LogP contribution in [-0.2, 0) is 11.3 Å². The van der Waals surface area contributed by atoms with Crippen LogP contribution in [0, 0.1) is 20.8 Å². The molecule has 0 fully saturated rings. The van der Waals surface area contributed by atoms with Crippen LogP contribution in [0.1, 0.15) is 29.2 Å². The lowest BCUT2D eigenvalue weighted by Crippen LogP contribution is -2.36. The molecule has 2 rings (SSSR count). The summed E-state index contributed by atoms with van der Waals surface area (Å²) in [7, 11) is 0. The number of hydrogen-bond donors (Lipinski definition) is 1. The number of carbonyl (C=O) groups is 1. The Bertz CT molecular complexity index is 647. The predicted octanol–water partition coefficient (Wildman–Crippen LogP) is 3.70. The highest BCUT2D eigenvalue weighted by Crippen LogP contribution is 2.21. The second kappa shape index (κ2) is 7.12. The topological polar surface area (TPSA) is 38.3 Å². The third-order valence-corrected chi connectivity index (χ3v) is 3.82. The largest absolute Gasteiger partial charge is 0.481 e. The van der Waals surface area contributed by atoms with E-state index >= 15 is 0 Å². The summed E-state index contributed by atoms with van der Waals surface area (Å²) in [6.07, 6.45) is -0.522. The Morgan fingerprint density at radius 1 is 1.09 bits per heavy atom. The maximum absolute atomic E-state index is 12.1. The molecule has 1 atom stereocenters. The van der Waals surface area contributed by atoms with Crippen LogP contribution in [0.3, 0.4) is 0 Å². The van der Waals surface area contributed by atoms with Crippen LogP contribution in [0.2, 0.25) is 0 Å². The van der Waals surface area contributed by atoms with Gasteiger partial charge in [0, 0.05) is 6.54 Å². The average Bonchev–Trinajstić information content (AvgIpc) is 2.51. The van der Waals surface area contributed by atoms with E-state index in [1.807, 2.05) is 63.2 Å². The fourth-order valence-electron chi connectivity index (χ4n) is 2.13. The highest BCUT2D eigenvalue weighted by Gasteiger charge is 2.15. The van der Waals surface area contributed by atoms with Gasteiger partial charge in [-0.15, -0.1) is 0 Å². The van der Waals surface area contributed by atoms with Crippen molar-refractivity contribution in [3.63, 3.8) is 0 Å². The molecule has 3 nitrogen and oxygen atoms in total. The quantitative estimate of drug-likeness (QED) is 0.914. The van der Waals surface area contributed by atoms with E-state index in [1.165, 1.54) is 5.56 Å². The van der Waals surface area contributed by atoms with Crippen LogP contribution >= 0.6 is 0 Å². The molecule has 22 heavy (non-hydrogen) atoms. The molecule has 0 bridgehead atoms. The second-order valence-electron chi connectivity index (χ2n) is 5.66. The standard InChI is InChI=1S/C19H23NO2/c1-13-8-10-17(11-9-13)12-20-19(21)16(4)22-18-7-5-6-14(2)15(18)3/h5-11,16H,12H2,1-4H3,(H,20,21). The van der Waals surface area contributed by atoms with E-state index in [2.05, 4.69) is 5.32 Å². The molecule has 1 unspecified atom stereocenters. The molecule has 0 saturated carbocycles. The van der Waals surface area contributed by atoms with Gasteiger partial charge in [0.25, 0.3) is 5.91 Å². The van der Waals surface area contributed by atoms with Gasteiger partial charge in [-0.05, 0) is 50.5 Å². The summed E-state index contributed by atoms with van der Waals surface area (Å²) in [4.78, 5) is 12.1. The van der Waals surface area contributed by atoms with Crippen LogP contribution in [-0.4, -0.2) is 12.0 Å². The molecule has 0 aliphatic rings. The number of rotatable bonds is 5. The van der Waals surface area contributed by atoms with Gasteiger partial charge in [0.15, 0.2) is 6.10 Å². The molecule has 3 heteroatoms. The van der Waals surface area contributed by atoms with E-state index in [-0.39, 0.29) is 5.91 Å². The van der Waals surface area contributed by atoms with Gasteiger partial charge >= 0.3 is 0 Å². The molecule has 116 valence electrons. The van der Waals surface area contributed by atoms with Crippen molar-refractivity contribution in [2.75, 3.05) is 0 Å². The number of amides is 1. The van der Waals surface area contributed by atoms with Crippen LogP contribution in [0.15, 0.2) is 42.5 Å². The Morgan fingerprint density at radius 3 is 2.45 bits per heavy atom. The number of hydrogen-bond acceptors (Lipinski definition) is 2. The van der Waals surface area contributed by atoms with Crippen LogP contribution in [0.25, 0.3) is 0 Å². The Labute approximate surface area is 132 Å². The Morgan fingerprint density at radius 2 is 1.77 bits per heavy atom. The zero-order valence-corrected chi connectivity index (χ0v) is 13.6. The predicted molar refractivity (Wildman–Crippen MR) is 89.0 cm³/mol. The summed E-state index contributed by atoms with van der Waals surface area (Å²) in [6, 6.07) is 14.0. The first-order chi connectivity index (χ1) is 10.5. The third-order valence-electron chi connectivity index (χ3n) is 3.82. The number of carbonyl (C=O) groups excluding carboxylic acids is 1. The molecule has 0 heterocycles. The molecule has 2 aromatic carbocycles. The first-order valence-corrected chi connectivity index (χ1v) is 7.53. The van der Waals surface area contributed by atoms with E-state index < -0.39 is 6.10 Å². The molecule has 0 aliphatic carbocycles. The first-order valence-electron chi connectivity index (χ1n) is 7.53. The van der Waals surface area contributed by atoms with E-state index in [9.17, 15) is 4.79 Å². The zero-order valence-electron chi connectivity index (χ0n) is 13.6. The lowest BCUT2D eigenvalue weighted by molar-refractivity contribution is -0.127. The molecule has 0 spiro atoms. The van der Waals surface area contributed by atoms with Crippen molar-refractivity contribution >= 4 is 5.91 Å². The smallest absolute Gasteiger partial charge is 0.261 e. The Kier molecular flexibility index (Phi) is 5.21. The maximum Gasteiger partial charge on any atom is 0.261 e. The molecular weight excluding hydrogens is 274 g/mol. The summed E-state index contributed by atoms with van der Waals surface area (Å²) >= 11 is 0. The van der Waals surface area contributed by atoms with Crippen LogP contribution in [0.5, 0.6) is 5.75 Å². The summed E-state index contributed by atoms with van der Waals surface area (Å²) in [5.74, 6) is 0.652. The lowest BCUT2D eigenvalue weighted by atomic mass is 10.1. The van der Waals surface area contributed by atoms with Gasteiger partial charge in [0.2, 0.25) is 0 Å². The minimum atomic E-state index is -0.522. The van der Waals surface area contributed by atoms with Crippen LogP contribution < -0.4 is 10.1 Å². The van der Waals surface area contributed by atoms with E-state index in [0.29, 0.717) is 6.54 Å². The van der Waals surface area contributed by atoms with Gasteiger partial charge in [0.05, 0.1) is 0 Å². The minimum absolute atomic E-state index is 0.110. The summed E-state index contributed by atoms with van der Waals surface area (Å²) in [5.41, 5.74) is 4.52. The summed E-state index contributed by atoms with van der Waals surface area (Å²) < 4.78 is 5.78. The SMILES string of the molecule is Cc1ccc(CNC(=O)C(C)Oc2cccc(C)c2C)cc1. The maximum atomic E-state index is 12.1. The van der Waals surface area contributed by atoms with Crippen molar-refractivity contribution in [2.24, 2.45) is 0 Å². The van der Waals surface area contributed by atoms with E-state index in [1.54, 1.807) is 6.92 Å². The summed E-state index contributed by atoms with van der Waals surface area (Å²) in [5, 5.41) is 2.91. The van der Waals surface area contributed by atoms with Gasteiger partial charge in [0.1, 0.15) is 5.75 Å². The second-order valence-corrected chi connectivity index (χ2v) is 5.66. The molecule has 0 aliphatic heterocycles. The van der Waals surface area contributed by atoms with Gasteiger partial charge < -0.3 is 10.1 Å². The fourth-order valence-corrected chi connectivity index (χ4v) is 2.13. The van der Waals surface area contributed by atoms with Gasteiger partial charge in [-0.1, -0.05) is 42.0 Å². The third kappa shape index (κ3) is 4.10. The van der Waals surface area contributed by atoms with Crippen molar-refractivity contribution in [2.45, 2.75) is 40.3 Å². The van der Waals surface area contributed by atoms with E-state index in [4.69, 9.17) is 4.74 Å². The van der Waals surface area contributed by atoms with Crippen molar-refractivity contribution in [1.29, 1.82) is 0 Å². The highest BCUT2D eigenvalue weighted by molar-refractivity contribution is 5.80. The average molecular weight is 297 g/mol. The molecule has 2 aromatic rings. The number of ether oxygens (including phenoxy) is 1. The molecule has 0 radical (unpaired) electrons. The monoisotopic (exact) mass is 297 g/mol. The van der Waals surface area contributed by atoms with Gasteiger partial charge in [-0.25, -0.2) is 0 Å². The fraction of sp³-hybridized carbons (Fsp3) is 0.316. The molecular formula is C19H23NO2. The summed E-state index contributed by atoms with van der Waals surface area (Å²) in [6.45, 7) is 8.36. The van der Waals surface area contributed by atoms with Crippen LogP contribution in [0.4, 0.5) is 0 Å².